The van der Waals surface area contributed by atoms with Gasteiger partial charge >= 0.3 is 0 Å². The molecule has 1 heterocycles. The minimum atomic E-state index is -0.510. The molecule has 1 aromatic heterocycles. The summed E-state index contributed by atoms with van der Waals surface area (Å²) >= 11 is 0. The third-order valence-corrected chi connectivity index (χ3v) is 3.52. The van der Waals surface area contributed by atoms with Gasteiger partial charge in [0.25, 0.3) is 0 Å². The zero-order valence-electron chi connectivity index (χ0n) is 12.2. The van der Waals surface area contributed by atoms with Gasteiger partial charge in [-0.1, -0.05) is 32.0 Å². The van der Waals surface area contributed by atoms with Crippen LogP contribution in [0.4, 0.5) is 0 Å². The lowest BCUT2D eigenvalue weighted by molar-refractivity contribution is 0.198. The summed E-state index contributed by atoms with van der Waals surface area (Å²) in [5, 5.41) is 9.47. The fourth-order valence-corrected chi connectivity index (χ4v) is 2.01. The van der Waals surface area contributed by atoms with Crippen LogP contribution in [0.15, 0.2) is 42.6 Å². The first kappa shape index (κ1) is 14.5. The third kappa shape index (κ3) is 3.36. The fraction of sp³-hybridized carbons (Fsp3) is 0.353. The maximum Gasteiger partial charge on any atom is 0.219 e. The molecule has 0 spiro atoms. The highest BCUT2D eigenvalue weighted by Gasteiger charge is 2.11. The highest BCUT2D eigenvalue weighted by Crippen LogP contribution is 2.31. The van der Waals surface area contributed by atoms with Crippen molar-refractivity contribution in [3.05, 3.63) is 53.7 Å². The minimum Gasteiger partial charge on any atom is -0.439 e. The molecule has 0 saturated carbocycles. The van der Waals surface area contributed by atoms with Gasteiger partial charge in [-0.2, -0.15) is 0 Å². The Morgan fingerprint density at radius 3 is 2.50 bits per heavy atom. The van der Waals surface area contributed by atoms with E-state index in [4.69, 9.17) is 4.74 Å². The Balaban J connectivity index is 2.21. The number of hydrogen-bond acceptors (Lipinski definition) is 3. The molecule has 2 rings (SSSR count). The molecule has 1 N–H and O–H groups in total. The highest BCUT2D eigenvalue weighted by molar-refractivity contribution is 5.38. The maximum atomic E-state index is 9.47. The van der Waals surface area contributed by atoms with Gasteiger partial charge in [0.1, 0.15) is 5.75 Å². The molecule has 1 aromatic carbocycles. The third-order valence-electron chi connectivity index (χ3n) is 3.52. The van der Waals surface area contributed by atoms with E-state index in [0.29, 0.717) is 11.8 Å². The molecular formula is C17H21NO2. The van der Waals surface area contributed by atoms with Gasteiger partial charge in [-0.15, -0.1) is 0 Å². The summed E-state index contributed by atoms with van der Waals surface area (Å²) < 4.78 is 5.87. The molecule has 0 bridgehead atoms. The van der Waals surface area contributed by atoms with E-state index in [0.717, 1.165) is 17.7 Å². The number of aliphatic hydroxyl groups excluding tert-OH is 1. The number of ether oxygens (including phenoxy) is 1. The first-order chi connectivity index (χ1) is 9.61. The van der Waals surface area contributed by atoms with Crippen LogP contribution in [0.2, 0.25) is 0 Å². The molecule has 0 saturated heterocycles. The molecule has 3 heteroatoms. The van der Waals surface area contributed by atoms with Crippen molar-refractivity contribution in [3.8, 4) is 11.6 Å². The van der Waals surface area contributed by atoms with E-state index in [-0.39, 0.29) is 0 Å². The van der Waals surface area contributed by atoms with Crippen LogP contribution in [-0.2, 0) is 0 Å². The predicted octanol–water partition coefficient (Wildman–Crippen LogP) is 4.44. The monoisotopic (exact) mass is 271 g/mol. The van der Waals surface area contributed by atoms with E-state index in [2.05, 4.69) is 24.9 Å². The molecule has 0 aliphatic heterocycles. The standard InChI is InChI=1S/C17H21NO2/c1-4-12(2)15-7-5-6-8-16(15)20-17-10-9-14(11-18-17)13(3)19/h5-13,19H,4H2,1-3H3. The average Bonchev–Trinajstić information content (AvgIpc) is 2.47. The molecule has 0 amide bonds. The van der Waals surface area contributed by atoms with Crippen molar-refractivity contribution < 1.29 is 9.84 Å². The SMILES string of the molecule is CCC(C)c1ccccc1Oc1ccc(C(C)O)cn1. The lowest BCUT2D eigenvalue weighted by atomic mass is 9.98. The second kappa shape index (κ2) is 6.53. The lowest BCUT2D eigenvalue weighted by Crippen LogP contribution is -1.98. The minimum absolute atomic E-state index is 0.447. The van der Waals surface area contributed by atoms with Gasteiger partial charge in [-0.05, 0) is 42.5 Å². The summed E-state index contributed by atoms with van der Waals surface area (Å²) in [4.78, 5) is 4.24. The normalized spacial score (nSPS) is 13.8. The van der Waals surface area contributed by atoms with Crippen LogP contribution in [-0.4, -0.2) is 10.1 Å². The van der Waals surface area contributed by atoms with Gasteiger partial charge in [0.2, 0.25) is 5.88 Å². The summed E-state index contributed by atoms with van der Waals surface area (Å²) in [6.07, 6.45) is 2.20. The number of benzene rings is 1. The van der Waals surface area contributed by atoms with Crippen molar-refractivity contribution in [2.45, 2.75) is 39.2 Å². The molecule has 3 nitrogen and oxygen atoms in total. The Morgan fingerprint density at radius 1 is 1.15 bits per heavy atom. The van der Waals surface area contributed by atoms with Crippen molar-refractivity contribution in [2.75, 3.05) is 0 Å². The average molecular weight is 271 g/mol. The number of hydrogen-bond donors (Lipinski definition) is 1. The Hall–Kier alpha value is -1.87. The van der Waals surface area contributed by atoms with Crippen LogP contribution >= 0.6 is 0 Å². The molecule has 2 unspecified atom stereocenters. The van der Waals surface area contributed by atoms with E-state index in [9.17, 15) is 5.11 Å². The second-order valence-corrected chi connectivity index (χ2v) is 5.05. The van der Waals surface area contributed by atoms with E-state index in [1.54, 1.807) is 19.2 Å². The molecule has 0 aliphatic carbocycles. The Kier molecular flexibility index (Phi) is 4.74. The van der Waals surface area contributed by atoms with E-state index >= 15 is 0 Å². The second-order valence-electron chi connectivity index (χ2n) is 5.05. The summed E-state index contributed by atoms with van der Waals surface area (Å²) in [6, 6.07) is 11.7. The highest BCUT2D eigenvalue weighted by atomic mass is 16.5. The van der Waals surface area contributed by atoms with E-state index in [1.165, 1.54) is 5.56 Å². The van der Waals surface area contributed by atoms with Crippen molar-refractivity contribution in [1.82, 2.24) is 4.98 Å². The molecule has 20 heavy (non-hydrogen) atoms. The topological polar surface area (TPSA) is 42.4 Å². The first-order valence-electron chi connectivity index (χ1n) is 7.02. The maximum absolute atomic E-state index is 9.47. The van der Waals surface area contributed by atoms with Crippen molar-refractivity contribution in [3.63, 3.8) is 0 Å². The van der Waals surface area contributed by atoms with Crippen molar-refractivity contribution in [1.29, 1.82) is 0 Å². The Morgan fingerprint density at radius 2 is 1.90 bits per heavy atom. The van der Waals surface area contributed by atoms with Crippen molar-refractivity contribution >= 4 is 0 Å². The van der Waals surface area contributed by atoms with Gasteiger partial charge in [0.05, 0.1) is 6.10 Å². The zero-order chi connectivity index (χ0) is 14.5. The molecular weight excluding hydrogens is 250 g/mol. The Labute approximate surface area is 120 Å². The number of para-hydroxylation sites is 1. The van der Waals surface area contributed by atoms with Gasteiger partial charge < -0.3 is 9.84 Å². The molecule has 106 valence electrons. The predicted molar refractivity (Wildman–Crippen MR) is 80.1 cm³/mol. The van der Waals surface area contributed by atoms with Gasteiger partial charge in [0.15, 0.2) is 0 Å². The van der Waals surface area contributed by atoms with E-state index < -0.39 is 6.10 Å². The summed E-state index contributed by atoms with van der Waals surface area (Å²) in [7, 11) is 0. The van der Waals surface area contributed by atoms with Crippen LogP contribution in [0.3, 0.4) is 0 Å². The number of rotatable bonds is 5. The van der Waals surface area contributed by atoms with E-state index in [1.807, 2.05) is 24.3 Å². The summed E-state index contributed by atoms with van der Waals surface area (Å²) in [5.41, 5.74) is 1.98. The van der Waals surface area contributed by atoms with Gasteiger partial charge in [0, 0.05) is 12.3 Å². The quantitative estimate of drug-likeness (QED) is 0.874. The fourth-order valence-electron chi connectivity index (χ4n) is 2.01. The number of pyridine rings is 1. The first-order valence-corrected chi connectivity index (χ1v) is 7.02. The zero-order valence-corrected chi connectivity index (χ0v) is 12.2. The molecule has 0 aliphatic rings. The number of aromatic nitrogens is 1. The lowest BCUT2D eigenvalue weighted by Gasteiger charge is -2.15. The van der Waals surface area contributed by atoms with Gasteiger partial charge in [-0.3, -0.25) is 0 Å². The summed E-state index contributed by atoms with van der Waals surface area (Å²) in [5.74, 6) is 1.84. The number of nitrogens with zero attached hydrogens (tertiary/aromatic N) is 1. The largest absolute Gasteiger partial charge is 0.439 e. The molecule has 0 fully saturated rings. The summed E-state index contributed by atoms with van der Waals surface area (Å²) in [6.45, 7) is 6.07. The van der Waals surface area contributed by atoms with Gasteiger partial charge in [-0.25, -0.2) is 4.98 Å². The van der Waals surface area contributed by atoms with Crippen LogP contribution in [0, 0.1) is 0 Å². The Bertz CT molecular complexity index is 549. The van der Waals surface area contributed by atoms with Crippen LogP contribution in [0.25, 0.3) is 0 Å². The van der Waals surface area contributed by atoms with Crippen LogP contribution in [0.1, 0.15) is 50.3 Å². The van der Waals surface area contributed by atoms with Crippen molar-refractivity contribution in [2.24, 2.45) is 0 Å². The molecule has 2 atom stereocenters. The number of aliphatic hydroxyl groups is 1. The molecule has 2 aromatic rings. The smallest absolute Gasteiger partial charge is 0.219 e. The molecule has 0 radical (unpaired) electrons. The van der Waals surface area contributed by atoms with Crippen LogP contribution < -0.4 is 4.74 Å². The van der Waals surface area contributed by atoms with Crippen LogP contribution in [0.5, 0.6) is 11.6 Å².